The molecule has 2 rings (SSSR count). The molecule has 2 atom stereocenters. The lowest BCUT2D eigenvalue weighted by Crippen LogP contribution is -2.44. The van der Waals surface area contributed by atoms with Crippen LogP contribution in [0.25, 0.3) is 0 Å². The van der Waals surface area contributed by atoms with Crippen LogP contribution in [-0.2, 0) is 21.4 Å². The maximum absolute atomic E-state index is 12.4. The molecule has 1 aliphatic rings. The lowest BCUT2D eigenvalue weighted by atomic mass is 10.0. The number of aryl methyl sites for hydroxylation is 2. The van der Waals surface area contributed by atoms with Gasteiger partial charge in [0.05, 0.1) is 11.9 Å². The van der Waals surface area contributed by atoms with Crippen molar-refractivity contribution in [3.8, 4) is 0 Å². The van der Waals surface area contributed by atoms with Gasteiger partial charge in [-0.05, 0) is 34.0 Å². The lowest BCUT2D eigenvalue weighted by molar-refractivity contribution is -0.122. The SMILES string of the molecule is Cc1cc(C)n(CC(=O)N[C@@H]2CN(S(C)(=O)=O)C[C@H]2CN(C)C)n1. The summed E-state index contributed by atoms with van der Waals surface area (Å²) in [4.78, 5) is 14.4. The number of sulfonamides is 1. The normalized spacial score (nSPS) is 22.2. The molecule has 2 heterocycles. The minimum Gasteiger partial charge on any atom is -0.350 e. The summed E-state index contributed by atoms with van der Waals surface area (Å²) in [7, 11) is 0.628. The van der Waals surface area contributed by atoms with Gasteiger partial charge < -0.3 is 10.2 Å². The van der Waals surface area contributed by atoms with Gasteiger partial charge in [-0.25, -0.2) is 8.42 Å². The van der Waals surface area contributed by atoms with Crippen molar-refractivity contribution in [1.82, 2.24) is 24.3 Å². The molecule has 1 N–H and O–H groups in total. The molecule has 0 saturated carbocycles. The van der Waals surface area contributed by atoms with Crippen molar-refractivity contribution in [2.24, 2.45) is 5.92 Å². The predicted octanol–water partition coefficient (Wildman–Crippen LogP) is -0.562. The number of hydrogen-bond acceptors (Lipinski definition) is 5. The minimum absolute atomic E-state index is 0.0686. The fourth-order valence-electron chi connectivity index (χ4n) is 3.14. The summed E-state index contributed by atoms with van der Waals surface area (Å²) >= 11 is 0. The molecule has 136 valence electrons. The molecule has 9 heteroatoms. The van der Waals surface area contributed by atoms with E-state index in [9.17, 15) is 13.2 Å². The Balaban J connectivity index is 2.04. The lowest BCUT2D eigenvalue weighted by Gasteiger charge is -2.23. The number of carbonyl (C=O) groups excluding carboxylic acids is 1. The molecule has 8 nitrogen and oxygen atoms in total. The molecule has 0 radical (unpaired) electrons. The number of hydrogen-bond donors (Lipinski definition) is 1. The molecule has 24 heavy (non-hydrogen) atoms. The highest BCUT2D eigenvalue weighted by Gasteiger charge is 2.37. The first-order valence-corrected chi connectivity index (χ1v) is 9.81. The van der Waals surface area contributed by atoms with E-state index < -0.39 is 10.0 Å². The number of aromatic nitrogens is 2. The second-order valence-electron chi connectivity index (χ2n) is 6.86. The van der Waals surface area contributed by atoms with Crippen LogP contribution < -0.4 is 5.32 Å². The van der Waals surface area contributed by atoms with Crippen molar-refractivity contribution in [2.45, 2.75) is 26.4 Å². The summed E-state index contributed by atoms with van der Waals surface area (Å²) in [6.07, 6.45) is 1.21. The van der Waals surface area contributed by atoms with Crippen LogP contribution >= 0.6 is 0 Å². The predicted molar refractivity (Wildman–Crippen MR) is 92.1 cm³/mol. The van der Waals surface area contributed by atoms with Gasteiger partial charge in [-0.2, -0.15) is 9.40 Å². The summed E-state index contributed by atoms with van der Waals surface area (Å²) in [5, 5.41) is 7.28. The first-order valence-electron chi connectivity index (χ1n) is 7.96. The van der Waals surface area contributed by atoms with Crippen LogP contribution in [0.15, 0.2) is 6.07 Å². The zero-order valence-corrected chi connectivity index (χ0v) is 15.8. The van der Waals surface area contributed by atoms with Gasteiger partial charge in [0.15, 0.2) is 0 Å². The Morgan fingerprint density at radius 3 is 2.54 bits per heavy atom. The van der Waals surface area contributed by atoms with Crippen LogP contribution in [0.4, 0.5) is 0 Å². The maximum Gasteiger partial charge on any atom is 0.242 e. The van der Waals surface area contributed by atoms with E-state index in [2.05, 4.69) is 10.4 Å². The molecule has 0 unspecified atom stereocenters. The van der Waals surface area contributed by atoms with Gasteiger partial charge in [-0.15, -0.1) is 0 Å². The number of amides is 1. The van der Waals surface area contributed by atoms with Gasteiger partial charge in [-0.1, -0.05) is 0 Å². The molecule has 1 aliphatic heterocycles. The monoisotopic (exact) mass is 357 g/mol. The Hall–Kier alpha value is -1.45. The standard InChI is InChI=1S/C15H27N5O3S/c1-11-6-12(2)20(17-11)10-15(21)16-14-9-19(24(5,22)23)8-13(14)7-18(3)4/h6,13-14H,7-10H2,1-5H3,(H,16,21)/t13-,14-/m1/s1. The van der Waals surface area contributed by atoms with Crippen LogP contribution in [-0.4, -0.2) is 79.3 Å². The molecule has 0 aliphatic carbocycles. The second-order valence-corrected chi connectivity index (χ2v) is 8.84. The van der Waals surface area contributed by atoms with Crippen molar-refractivity contribution in [3.05, 3.63) is 17.5 Å². The second kappa shape index (κ2) is 7.20. The molecule has 0 spiro atoms. The zero-order chi connectivity index (χ0) is 18.1. The molecule has 0 bridgehead atoms. The quantitative estimate of drug-likeness (QED) is 0.737. The average Bonchev–Trinajstić information content (AvgIpc) is 2.93. The molecular formula is C15H27N5O3S. The van der Waals surface area contributed by atoms with Gasteiger partial charge in [0.25, 0.3) is 0 Å². The number of carbonyl (C=O) groups is 1. The van der Waals surface area contributed by atoms with E-state index in [0.717, 1.165) is 17.9 Å². The molecule has 0 aromatic carbocycles. The maximum atomic E-state index is 12.4. The number of rotatable bonds is 6. The van der Waals surface area contributed by atoms with Crippen molar-refractivity contribution in [3.63, 3.8) is 0 Å². The van der Waals surface area contributed by atoms with E-state index in [1.165, 1.54) is 10.6 Å². The summed E-state index contributed by atoms with van der Waals surface area (Å²) in [5.41, 5.74) is 1.80. The van der Waals surface area contributed by atoms with E-state index in [1.807, 2.05) is 38.9 Å². The highest BCUT2D eigenvalue weighted by molar-refractivity contribution is 7.88. The molecule has 1 aromatic rings. The number of nitrogens with zero attached hydrogens (tertiary/aromatic N) is 4. The molecule has 1 amide bonds. The summed E-state index contributed by atoms with van der Waals surface area (Å²) in [6, 6.07) is 1.73. The topological polar surface area (TPSA) is 87.5 Å². The Morgan fingerprint density at radius 1 is 1.38 bits per heavy atom. The molecule has 1 saturated heterocycles. The van der Waals surface area contributed by atoms with Crippen molar-refractivity contribution in [2.75, 3.05) is 40.0 Å². The average molecular weight is 357 g/mol. The fraction of sp³-hybridized carbons (Fsp3) is 0.733. The van der Waals surface area contributed by atoms with E-state index in [4.69, 9.17) is 0 Å². The molecule has 1 fully saturated rings. The fourth-order valence-corrected chi connectivity index (χ4v) is 4.04. The van der Waals surface area contributed by atoms with Gasteiger partial charge in [0.2, 0.25) is 15.9 Å². The van der Waals surface area contributed by atoms with Crippen molar-refractivity contribution in [1.29, 1.82) is 0 Å². The third kappa shape index (κ3) is 4.78. The van der Waals surface area contributed by atoms with Gasteiger partial charge in [0, 0.05) is 37.3 Å². The molecular weight excluding hydrogens is 330 g/mol. The van der Waals surface area contributed by atoms with Crippen LogP contribution in [0.2, 0.25) is 0 Å². The van der Waals surface area contributed by atoms with Gasteiger partial charge in [0.1, 0.15) is 6.54 Å². The largest absolute Gasteiger partial charge is 0.350 e. The van der Waals surface area contributed by atoms with E-state index in [0.29, 0.717) is 13.1 Å². The van der Waals surface area contributed by atoms with E-state index >= 15 is 0 Å². The first kappa shape index (κ1) is 18.9. The minimum atomic E-state index is -3.26. The van der Waals surface area contributed by atoms with E-state index in [-0.39, 0.29) is 24.4 Å². The van der Waals surface area contributed by atoms with Gasteiger partial charge in [-0.3, -0.25) is 9.48 Å². The Morgan fingerprint density at radius 2 is 2.04 bits per heavy atom. The van der Waals surface area contributed by atoms with Gasteiger partial charge >= 0.3 is 0 Å². The third-order valence-electron chi connectivity index (χ3n) is 4.22. The third-order valence-corrected chi connectivity index (χ3v) is 5.46. The van der Waals surface area contributed by atoms with Crippen LogP contribution in [0.5, 0.6) is 0 Å². The molecule has 1 aromatic heterocycles. The van der Waals surface area contributed by atoms with Crippen molar-refractivity contribution < 1.29 is 13.2 Å². The Kier molecular flexibility index (Phi) is 5.67. The first-order chi connectivity index (χ1) is 11.1. The highest BCUT2D eigenvalue weighted by Crippen LogP contribution is 2.20. The van der Waals surface area contributed by atoms with Crippen LogP contribution in [0.3, 0.4) is 0 Å². The smallest absolute Gasteiger partial charge is 0.242 e. The van der Waals surface area contributed by atoms with Crippen LogP contribution in [0.1, 0.15) is 11.4 Å². The zero-order valence-electron chi connectivity index (χ0n) is 15.0. The highest BCUT2D eigenvalue weighted by atomic mass is 32.2. The number of nitrogens with one attached hydrogen (secondary N) is 1. The van der Waals surface area contributed by atoms with E-state index in [1.54, 1.807) is 4.68 Å². The Bertz CT molecular complexity index is 698. The van der Waals surface area contributed by atoms with Crippen molar-refractivity contribution >= 4 is 15.9 Å². The summed E-state index contributed by atoms with van der Waals surface area (Å²) < 4.78 is 26.7. The summed E-state index contributed by atoms with van der Waals surface area (Å²) in [5.74, 6) is -0.0792. The Labute approximate surface area is 143 Å². The summed E-state index contributed by atoms with van der Waals surface area (Å²) in [6.45, 7) is 5.40. The van der Waals surface area contributed by atoms with Crippen LogP contribution in [0, 0.1) is 19.8 Å².